The van der Waals surface area contributed by atoms with E-state index in [2.05, 4.69) is 6.58 Å². The molecule has 1 saturated heterocycles. The molecule has 0 aromatic heterocycles. The van der Waals surface area contributed by atoms with Gasteiger partial charge < -0.3 is 10.0 Å². The summed E-state index contributed by atoms with van der Waals surface area (Å²) >= 11 is 0. The molecular formula is C15H17NO2. The molecule has 1 aliphatic rings. The molecular weight excluding hydrogens is 226 g/mol. The van der Waals surface area contributed by atoms with Crippen LogP contribution in [-0.4, -0.2) is 29.0 Å². The van der Waals surface area contributed by atoms with E-state index in [1.165, 1.54) is 0 Å². The second kappa shape index (κ2) is 5.54. The Balaban J connectivity index is 2.31. The molecule has 0 spiro atoms. The average molecular weight is 243 g/mol. The van der Waals surface area contributed by atoms with Gasteiger partial charge in [-0.25, -0.2) is 0 Å². The molecule has 1 amide bonds. The summed E-state index contributed by atoms with van der Waals surface area (Å²) < 4.78 is 0. The number of likely N-dealkylation sites (tertiary alicyclic amines) is 1. The van der Waals surface area contributed by atoms with Crippen LogP contribution in [0.3, 0.4) is 0 Å². The van der Waals surface area contributed by atoms with E-state index in [1.54, 1.807) is 30.4 Å². The minimum atomic E-state index is 0.0120. The van der Waals surface area contributed by atoms with Gasteiger partial charge in [0.05, 0.1) is 0 Å². The molecule has 1 N–H and O–H groups in total. The minimum Gasteiger partial charge on any atom is -0.508 e. The SMILES string of the molecule is C=C/C=C(/C(=O)N1CCCC1)c1cccc(O)c1. The van der Waals surface area contributed by atoms with Crippen molar-refractivity contribution in [3.63, 3.8) is 0 Å². The Kier molecular flexibility index (Phi) is 3.82. The van der Waals surface area contributed by atoms with Crippen LogP contribution in [0.15, 0.2) is 43.0 Å². The van der Waals surface area contributed by atoms with Gasteiger partial charge in [-0.2, -0.15) is 0 Å². The van der Waals surface area contributed by atoms with Crippen LogP contribution in [0, 0.1) is 0 Å². The van der Waals surface area contributed by atoms with E-state index in [-0.39, 0.29) is 11.7 Å². The summed E-state index contributed by atoms with van der Waals surface area (Å²) in [6, 6.07) is 6.75. The largest absolute Gasteiger partial charge is 0.508 e. The summed E-state index contributed by atoms with van der Waals surface area (Å²) in [6.07, 6.45) is 5.43. The third-order valence-electron chi connectivity index (χ3n) is 3.07. The molecule has 1 aromatic rings. The zero-order valence-electron chi connectivity index (χ0n) is 10.3. The molecule has 1 aromatic carbocycles. The number of phenolic OH excluding ortho intramolecular Hbond substituents is 1. The highest BCUT2D eigenvalue weighted by Gasteiger charge is 2.22. The van der Waals surface area contributed by atoms with Crippen LogP contribution in [0.4, 0.5) is 0 Å². The van der Waals surface area contributed by atoms with Crippen molar-refractivity contribution < 1.29 is 9.90 Å². The van der Waals surface area contributed by atoms with Crippen molar-refractivity contribution in [2.45, 2.75) is 12.8 Å². The number of hydrogen-bond donors (Lipinski definition) is 1. The van der Waals surface area contributed by atoms with E-state index < -0.39 is 0 Å². The molecule has 18 heavy (non-hydrogen) atoms. The Morgan fingerprint density at radius 1 is 1.33 bits per heavy atom. The lowest BCUT2D eigenvalue weighted by molar-refractivity contribution is -0.124. The van der Waals surface area contributed by atoms with E-state index in [9.17, 15) is 9.90 Å². The smallest absolute Gasteiger partial charge is 0.254 e. The molecule has 2 rings (SSSR count). The summed E-state index contributed by atoms with van der Waals surface area (Å²) in [5.41, 5.74) is 1.31. The van der Waals surface area contributed by atoms with Gasteiger partial charge in [-0.15, -0.1) is 0 Å². The van der Waals surface area contributed by atoms with Crippen molar-refractivity contribution in [2.75, 3.05) is 13.1 Å². The summed E-state index contributed by atoms with van der Waals surface area (Å²) in [6.45, 7) is 5.27. The van der Waals surface area contributed by atoms with E-state index in [0.717, 1.165) is 31.5 Å². The van der Waals surface area contributed by atoms with Crippen LogP contribution >= 0.6 is 0 Å². The number of allylic oxidation sites excluding steroid dienone is 2. The van der Waals surface area contributed by atoms with E-state index in [0.29, 0.717) is 5.57 Å². The number of carbonyl (C=O) groups excluding carboxylic acids is 1. The summed E-state index contributed by atoms with van der Waals surface area (Å²) in [5.74, 6) is 0.176. The maximum absolute atomic E-state index is 12.4. The first-order valence-electron chi connectivity index (χ1n) is 6.14. The average Bonchev–Trinajstić information content (AvgIpc) is 2.89. The van der Waals surface area contributed by atoms with Crippen molar-refractivity contribution in [1.29, 1.82) is 0 Å². The van der Waals surface area contributed by atoms with Crippen LogP contribution in [0.1, 0.15) is 18.4 Å². The molecule has 0 unspecified atom stereocenters. The van der Waals surface area contributed by atoms with Gasteiger partial charge in [0.1, 0.15) is 5.75 Å². The van der Waals surface area contributed by atoms with Crippen molar-refractivity contribution in [3.05, 3.63) is 48.6 Å². The Labute approximate surface area is 107 Å². The van der Waals surface area contributed by atoms with Crippen LogP contribution in [0.5, 0.6) is 5.75 Å². The molecule has 3 nitrogen and oxygen atoms in total. The van der Waals surface area contributed by atoms with Gasteiger partial charge in [-0.3, -0.25) is 4.79 Å². The quantitative estimate of drug-likeness (QED) is 0.654. The van der Waals surface area contributed by atoms with Crippen LogP contribution < -0.4 is 0 Å². The fourth-order valence-electron chi connectivity index (χ4n) is 2.17. The molecule has 0 saturated carbocycles. The number of benzene rings is 1. The van der Waals surface area contributed by atoms with E-state index >= 15 is 0 Å². The standard InChI is InChI=1S/C15H17NO2/c1-2-6-14(12-7-5-8-13(17)11-12)15(18)16-9-3-4-10-16/h2,5-8,11,17H,1,3-4,9-10H2/b14-6+. The van der Waals surface area contributed by atoms with E-state index in [1.807, 2.05) is 11.0 Å². The highest BCUT2D eigenvalue weighted by molar-refractivity contribution is 6.19. The number of aromatic hydroxyl groups is 1. The summed E-state index contributed by atoms with van der Waals surface area (Å²) in [5, 5.41) is 9.50. The number of carbonyl (C=O) groups is 1. The second-order valence-electron chi connectivity index (χ2n) is 4.37. The van der Waals surface area contributed by atoms with Crippen molar-refractivity contribution in [2.24, 2.45) is 0 Å². The first-order chi connectivity index (χ1) is 8.72. The molecule has 1 heterocycles. The molecule has 0 bridgehead atoms. The molecule has 0 radical (unpaired) electrons. The van der Waals surface area contributed by atoms with Gasteiger partial charge in [0, 0.05) is 18.7 Å². The molecule has 3 heteroatoms. The zero-order valence-corrected chi connectivity index (χ0v) is 10.3. The van der Waals surface area contributed by atoms with Gasteiger partial charge in [0.15, 0.2) is 0 Å². The monoisotopic (exact) mass is 243 g/mol. The topological polar surface area (TPSA) is 40.5 Å². The normalized spacial score (nSPS) is 15.8. The minimum absolute atomic E-state index is 0.0120. The number of rotatable bonds is 3. The lowest BCUT2D eigenvalue weighted by Crippen LogP contribution is -2.28. The highest BCUT2D eigenvalue weighted by Crippen LogP contribution is 2.23. The molecule has 0 aliphatic carbocycles. The van der Waals surface area contributed by atoms with Crippen molar-refractivity contribution >= 4 is 11.5 Å². The van der Waals surface area contributed by atoms with Crippen LogP contribution in [0.25, 0.3) is 5.57 Å². The van der Waals surface area contributed by atoms with Gasteiger partial charge in [0.2, 0.25) is 0 Å². The number of phenols is 1. The Hall–Kier alpha value is -2.03. The van der Waals surface area contributed by atoms with Crippen LogP contribution in [0.2, 0.25) is 0 Å². The highest BCUT2D eigenvalue weighted by atomic mass is 16.3. The first kappa shape index (κ1) is 12.4. The number of amides is 1. The fourth-order valence-corrected chi connectivity index (χ4v) is 2.17. The Morgan fingerprint density at radius 3 is 2.67 bits per heavy atom. The third kappa shape index (κ3) is 2.62. The molecule has 94 valence electrons. The summed E-state index contributed by atoms with van der Waals surface area (Å²) in [4.78, 5) is 14.2. The van der Waals surface area contributed by atoms with Gasteiger partial charge in [-0.1, -0.05) is 24.8 Å². The van der Waals surface area contributed by atoms with E-state index in [4.69, 9.17) is 0 Å². The Morgan fingerprint density at radius 2 is 2.06 bits per heavy atom. The summed E-state index contributed by atoms with van der Waals surface area (Å²) in [7, 11) is 0. The number of nitrogens with zero attached hydrogens (tertiary/aromatic N) is 1. The molecule has 0 atom stereocenters. The molecule has 1 fully saturated rings. The lowest BCUT2D eigenvalue weighted by atomic mass is 10.0. The van der Waals surface area contributed by atoms with Crippen LogP contribution in [-0.2, 0) is 4.79 Å². The predicted octanol–water partition coefficient (Wildman–Crippen LogP) is 2.58. The van der Waals surface area contributed by atoms with Crippen molar-refractivity contribution in [1.82, 2.24) is 4.90 Å². The number of hydrogen-bond acceptors (Lipinski definition) is 2. The first-order valence-corrected chi connectivity index (χ1v) is 6.14. The van der Waals surface area contributed by atoms with Crippen molar-refractivity contribution in [3.8, 4) is 5.75 Å². The predicted molar refractivity (Wildman–Crippen MR) is 72.1 cm³/mol. The lowest BCUT2D eigenvalue weighted by Gasteiger charge is -2.17. The molecule has 1 aliphatic heterocycles. The zero-order chi connectivity index (χ0) is 13.0. The second-order valence-corrected chi connectivity index (χ2v) is 4.37. The maximum Gasteiger partial charge on any atom is 0.254 e. The third-order valence-corrected chi connectivity index (χ3v) is 3.07. The maximum atomic E-state index is 12.4. The van der Waals surface area contributed by atoms with Gasteiger partial charge >= 0.3 is 0 Å². The van der Waals surface area contributed by atoms with Gasteiger partial charge in [-0.05, 0) is 36.6 Å². The fraction of sp³-hybridized carbons (Fsp3) is 0.267. The van der Waals surface area contributed by atoms with Gasteiger partial charge in [0.25, 0.3) is 5.91 Å². The Bertz CT molecular complexity index is 485.